The largest absolute Gasteiger partial charge is 0.478 e. The van der Waals surface area contributed by atoms with Crippen molar-refractivity contribution >= 4 is 12.3 Å². The van der Waals surface area contributed by atoms with Crippen LogP contribution < -0.4 is 0 Å². The highest BCUT2D eigenvalue weighted by atomic mass is 16.4. The summed E-state index contributed by atoms with van der Waals surface area (Å²) in [5, 5.41) is 9.04. The summed E-state index contributed by atoms with van der Waals surface area (Å²) in [4.78, 5) is 22.0. The van der Waals surface area contributed by atoms with Crippen molar-refractivity contribution in [3.63, 3.8) is 0 Å². The molecule has 0 unspecified atom stereocenters. The molecule has 0 bridgehead atoms. The Hall–Kier alpha value is -1.90. The van der Waals surface area contributed by atoms with Crippen LogP contribution in [0.3, 0.4) is 0 Å². The number of aliphatic carboxylic acids is 1. The molecule has 1 N–H and O–H groups in total. The van der Waals surface area contributed by atoms with Crippen LogP contribution in [0.1, 0.15) is 59.3 Å². The summed E-state index contributed by atoms with van der Waals surface area (Å²) in [5.41, 5.74) is 4.57. The molecule has 0 aromatic heterocycles. The lowest BCUT2D eigenvalue weighted by molar-refractivity contribution is -0.133. The molecule has 0 amide bonds. The van der Waals surface area contributed by atoms with E-state index in [1.807, 2.05) is 6.08 Å². The van der Waals surface area contributed by atoms with E-state index in [1.165, 1.54) is 16.7 Å². The SMILES string of the molecule is CC(C)=CCC/C(C)=C/CCC1=CCC(C(=O)O)=C(C=O)C1. The van der Waals surface area contributed by atoms with Crippen LogP contribution in [0.25, 0.3) is 0 Å². The third-order valence-corrected chi connectivity index (χ3v) is 3.85. The van der Waals surface area contributed by atoms with Crippen LogP contribution in [0.4, 0.5) is 0 Å². The van der Waals surface area contributed by atoms with E-state index in [-0.39, 0.29) is 5.57 Å². The van der Waals surface area contributed by atoms with Gasteiger partial charge in [-0.25, -0.2) is 4.79 Å². The Morgan fingerprint density at radius 2 is 1.95 bits per heavy atom. The molecule has 0 radical (unpaired) electrons. The predicted octanol–water partition coefficient (Wildman–Crippen LogP) is 4.76. The van der Waals surface area contributed by atoms with Crippen molar-refractivity contribution in [2.45, 2.75) is 59.3 Å². The van der Waals surface area contributed by atoms with Crippen LogP contribution in [-0.4, -0.2) is 17.4 Å². The number of aldehydes is 1. The maximum Gasteiger partial charge on any atom is 0.332 e. The van der Waals surface area contributed by atoms with Crippen molar-refractivity contribution in [3.05, 3.63) is 46.1 Å². The molecular weight excluding hydrogens is 276 g/mol. The molecule has 1 rings (SSSR count). The van der Waals surface area contributed by atoms with Gasteiger partial charge in [0.05, 0.1) is 0 Å². The van der Waals surface area contributed by atoms with Gasteiger partial charge in [-0.1, -0.05) is 34.9 Å². The van der Waals surface area contributed by atoms with Crippen molar-refractivity contribution in [1.29, 1.82) is 0 Å². The summed E-state index contributed by atoms with van der Waals surface area (Å²) in [7, 11) is 0. The molecule has 0 spiro atoms. The molecule has 22 heavy (non-hydrogen) atoms. The van der Waals surface area contributed by atoms with Gasteiger partial charge in [0.25, 0.3) is 0 Å². The molecule has 0 aliphatic heterocycles. The number of carboxylic acid groups (broad SMARTS) is 1. The zero-order chi connectivity index (χ0) is 16.5. The molecule has 1 aliphatic rings. The Morgan fingerprint density at radius 3 is 2.55 bits per heavy atom. The summed E-state index contributed by atoms with van der Waals surface area (Å²) >= 11 is 0. The first-order valence-electron chi connectivity index (χ1n) is 7.81. The number of hydrogen-bond donors (Lipinski definition) is 1. The quantitative estimate of drug-likeness (QED) is 0.519. The van der Waals surface area contributed by atoms with Gasteiger partial charge in [0.15, 0.2) is 0 Å². The number of carbonyl (C=O) groups excluding carboxylic acids is 1. The minimum atomic E-state index is -0.979. The van der Waals surface area contributed by atoms with E-state index in [9.17, 15) is 9.59 Å². The Labute approximate surface area is 133 Å². The normalized spacial score (nSPS) is 15.4. The molecule has 1 aliphatic carbocycles. The van der Waals surface area contributed by atoms with Crippen molar-refractivity contribution in [2.24, 2.45) is 0 Å². The van der Waals surface area contributed by atoms with E-state index in [1.54, 1.807) is 0 Å². The van der Waals surface area contributed by atoms with E-state index >= 15 is 0 Å². The van der Waals surface area contributed by atoms with Crippen LogP contribution in [0, 0.1) is 0 Å². The van der Waals surface area contributed by atoms with Gasteiger partial charge in [0.2, 0.25) is 0 Å². The molecule has 3 heteroatoms. The van der Waals surface area contributed by atoms with E-state index < -0.39 is 5.97 Å². The van der Waals surface area contributed by atoms with Crippen LogP contribution in [0.2, 0.25) is 0 Å². The second-order valence-corrected chi connectivity index (χ2v) is 6.08. The summed E-state index contributed by atoms with van der Waals surface area (Å²) in [6.45, 7) is 6.36. The highest BCUT2D eigenvalue weighted by molar-refractivity contribution is 5.95. The Bertz CT molecular complexity index is 541. The molecule has 0 fully saturated rings. The van der Waals surface area contributed by atoms with Crippen molar-refractivity contribution < 1.29 is 14.7 Å². The summed E-state index contributed by atoms with van der Waals surface area (Å²) < 4.78 is 0. The van der Waals surface area contributed by atoms with Crippen LogP contribution in [0.5, 0.6) is 0 Å². The summed E-state index contributed by atoms with van der Waals surface area (Å²) in [6, 6.07) is 0. The maximum absolute atomic E-state index is 11.0. The van der Waals surface area contributed by atoms with Gasteiger partial charge in [-0.3, -0.25) is 4.79 Å². The lowest BCUT2D eigenvalue weighted by atomic mass is 9.90. The number of hydrogen-bond acceptors (Lipinski definition) is 2. The molecule has 0 aromatic carbocycles. The summed E-state index contributed by atoms with van der Waals surface area (Å²) in [5.74, 6) is -0.979. The first-order valence-corrected chi connectivity index (χ1v) is 7.81. The van der Waals surface area contributed by atoms with Gasteiger partial charge in [0.1, 0.15) is 6.29 Å². The van der Waals surface area contributed by atoms with Gasteiger partial charge in [-0.15, -0.1) is 0 Å². The van der Waals surface area contributed by atoms with Gasteiger partial charge in [0, 0.05) is 11.1 Å². The van der Waals surface area contributed by atoms with Crippen molar-refractivity contribution in [2.75, 3.05) is 0 Å². The smallest absolute Gasteiger partial charge is 0.332 e. The lowest BCUT2D eigenvalue weighted by Gasteiger charge is -2.15. The van der Waals surface area contributed by atoms with E-state index in [0.717, 1.165) is 25.7 Å². The third kappa shape index (κ3) is 6.25. The van der Waals surface area contributed by atoms with E-state index in [2.05, 4.69) is 32.9 Å². The average molecular weight is 302 g/mol. The van der Waals surface area contributed by atoms with Gasteiger partial charge >= 0.3 is 5.97 Å². The minimum Gasteiger partial charge on any atom is -0.478 e. The Morgan fingerprint density at radius 1 is 1.23 bits per heavy atom. The third-order valence-electron chi connectivity index (χ3n) is 3.85. The molecule has 0 saturated carbocycles. The monoisotopic (exact) mass is 302 g/mol. The van der Waals surface area contributed by atoms with Gasteiger partial charge < -0.3 is 5.11 Å². The second kappa shape index (κ2) is 9.19. The molecule has 0 heterocycles. The number of rotatable bonds is 8. The number of carboxylic acids is 1. The fraction of sp³-hybridized carbons (Fsp3) is 0.474. The fourth-order valence-corrected chi connectivity index (χ4v) is 2.52. The van der Waals surface area contributed by atoms with Crippen LogP contribution in [0.15, 0.2) is 46.1 Å². The zero-order valence-electron chi connectivity index (χ0n) is 13.8. The second-order valence-electron chi connectivity index (χ2n) is 6.08. The fourth-order valence-electron chi connectivity index (χ4n) is 2.52. The molecule has 3 nitrogen and oxygen atoms in total. The van der Waals surface area contributed by atoms with E-state index in [0.29, 0.717) is 24.7 Å². The molecule has 120 valence electrons. The highest BCUT2D eigenvalue weighted by Crippen LogP contribution is 2.26. The lowest BCUT2D eigenvalue weighted by Crippen LogP contribution is -2.09. The van der Waals surface area contributed by atoms with Crippen molar-refractivity contribution in [1.82, 2.24) is 0 Å². The standard InChI is InChI=1S/C19H26O3/c1-14(2)6-4-7-15(3)8-5-9-16-10-11-18(19(21)22)17(12-16)13-20/h6,8,10,13H,4-5,7,9,11-12H2,1-3H3,(H,21,22)/b15-8+. The topological polar surface area (TPSA) is 54.4 Å². The Balaban J connectivity index is 2.45. The van der Waals surface area contributed by atoms with Gasteiger partial charge in [-0.05, 0) is 59.3 Å². The molecular formula is C19H26O3. The Kier molecular flexibility index (Phi) is 7.58. The average Bonchev–Trinajstić information content (AvgIpc) is 2.46. The van der Waals surface area contributed by atoms with E-state index in [4.69, 9.17) is 5.11 Å². The molecule has 0 aromatic rings. The predicted molar refractivity (Wildman–Crippen MR) is 89.7 cm³/mol. The zero-order valence-corrected chi connectivity index (χ0v) is 13.8. The first kappa shape index (κ1) is 18.1. The highest BCUT2D eigenvalue weighted by Gasteiger charge is 2.18. The number of allylic oxidation sites excluding steroid dienone is 7. The summed E-state index contributed by atoms with van der Waals surface area (Å²) in [6.07, 6.45) is 12.0. The maximum atomic E-state index is 11.0. The molecule has 0 saturated heterocycles. The van der Waals surface area contributed by atoms with Crippen LogP contribution >= 0.6 is 0 Å². The van der Waals surface area contributed by atoms with Crippen molar-refractivity contribution in [3.8, 4) is 0 Å². The minimum absolute atomic E-state index is 0.243. The molecule has 0 atom stereocenters. The van der Waals surface area contributed by atoms with Gasteiger partial charge in [-0.2, -0.15) is 0 Å². The first-order chi connectivity index (χ1) is 10.4. The van der Waals surface area contributed by atoms with Crippen LogP contribution in [-0.2, 0) is 9.59 Å². The number of carbonyl (C=O) groups is 2.